The van der Waals surface area contributed by atoms with E-state index in [1.807, 2.05) is 0 Å². The van der Waals surface area contributed by atoms with E-state index in [-0.39, 0.29) is 18.5 Å². The number of carbonyl (C=O) groups excluding carboxylic acids is 2. The zero-order chi connectivity index (χ0) is 43.0. The number of esters is 1. The quantitative estimate of drug-likeness (QED) is 0.0322. The first kappa shape index (κ1) is 57.3. The van der Waals surface area contributed by atoms with Crippen molar-refractivity contribution in [3.05, 3.63) is 24.3 Å². The zero-order valence-electron chi connectivity index (χ0n) is 39.5. The van der Waals surface area contributed by atoms with E-state index in [0.717, 1.165) is 70.6 Å². The number of amides is 1. The molecule has 6 heteroatoms. The van der Waals surface area contributed by atoms with Gasteiger partial charge >= 0.3 is 5.97 Å². The van der Waals surface area contributed by atoms with Crippen LogP contribution in [0.5, 0.6) is 0 Å². The molecule has 1 amide bonds. The first-order valence-electron chi connectivity index (χ1n) is 26.1. The number of aliphatic hydroxyl groups excluding tert-OH is 2. The molecule has 0 aliphatic heterocycles. The summed E-state index contributed by atoms with van der Waals surface area (Å²) in [7, 11) is 0. The number of hydrogen-bond donors (Lipinski definition) is 3. The number of ether oxygens (including phenoxy) is 1. The maximum Gasteiger partial charge on any atom is 0.305 e. The summed E-state index contributed by atoms with van der Waals surface area (Å²) in [6.45, 7) is 4.89. The van der Waals surface area contributed by atoms with Crippen molar-refractivity contribution in [1.29, 1.82) is 0 Å². The highest BCUT2D eigenvalue weighted by Crippen LogP contribution is 2.16. The molecule has 2 atom stereocenters. The van der Waals surface area contributed by atoms with Crippen LogP contribution in [0, 0.1) is 0 Å². The highest BCUT2D eigenvalue weighted by molar-refractivity contribution is 5.76. The van der Waals surface area contributed by atoms with Crippen LogP contribution < -0.4 is 5.32 Å². The third-order valence-electron chi connectivity index (χ3n) is 12.0. The molecule has 0 aromatic rings. The highest BCUT2D eigenvalue weighted by atomic mass is 16.5. The molecule has 0 radical (unpaired) electrons. The van der Waals surface area contributed by atoms with Crippen LogP contribution >= 0.6 is 0 Å². The SMILES string of the molecule is CCCCCC/C=C\CCCCCCCC(=O)OCCCCCCCC/C=C\CCCCCC(=O)NC(CO)C(O)CCCCCCCCCCCCCCCCCC. The third kappa shape index (κ3) is 45.7. The van der Waals surface area contributed by atoms with Gasteiger partial charge in [0.05, 0.1) is 25.4 Å². The number of allylic oxidation sites excluding steroid dienone is 4. The first-order valence-corrected chi connectivity index (χ1v) is 26.1. The molecule has 3 N–H and O–H groups in total. The second-order valence-corrected chi connectivity index (χ2v) is 17.8. The van der Waals surface area contributed by atoms with Gasteiger partial charge in [-0.25, -0.2) is 0 Å². The van der Waals surface area contributed by atoms with Gasteiger partial charge in [0.15, 0.2) is 0 Å². The molecule has 0 aromatic heterocycles. The number of nitrogens with one attached hydrogen (secondary N) is 1. The predicted molar refractivity (Wildman–Crippen MR) is 255 cm³/mol. The lowest BCUT2D eigenvalue weighted by atomic mass is 10.0. The molecule has 59 heavy (non-hydrogen) atoms. The van der Waals surface area contributed by atoms with E-state index in [1.165, 1.54) is 173 Å². The van der Waals surface area contributed by atoms with Crippen LogP contribution in [0.25, 0.3) is 0 Å². The number of unbranched alkanes of at least 4 members (excludes halogenated alkanes) is 33. The van der Waals surface area contributed by atoms with Crippen molar-refractivity contribution in [3.8, 4) is 0 Å². The van der Waals surface area contributed by atoms with Crippen LogP contribution in [0.15, 0.2) is 24.3 Å². The summed E-state index contributed by atoms with van der Waals surface area (Å²) in [6, 6.07) is -0.561. The zero-order valence-corrected chi connectivity index (χ0v) is 39.5. The fourth-order valence-electron chi connectivity index (χ4n) is 7.92. The number of hydrogen-bond acceptors (Lipinski definition) is 5. The Kier molecular flexibility index (Phi) is 47.6. The molecule has 0 bridgehead atoms. The number of aliphatic hydroxyl groups is 2. The minimum absolute atomic E-state index is 0.0219. The van der Waals surface area contributed by atoms with Gasteiger partial charge < -0.3 is 20.3 Å². The van der Waals surface area contributed by atoms with Gasteiger partial charge in [-0.2, -0.15) is 0 Å². The van der Waals surface area contributed by atoms with Gasteiger partial charge in [-0.05, 0) is 77.0 Å². The fourth-order valence-corrected chi connectivity index (χ4v) is 7.92. The molecule has 0 fully saturated rings. The van der Waals surface area contributed by atoms with Crippen LogP contribution in [0.1, 0.15) is 277 Å². The van der Waals surface area contributed by atoms with Crippen LogP contribution in [0.4, 0.5) is 0 Å². The van der Waals surface area contributed by atoms with E-state index in [4.69, 9.17) is 4.74 Å². The number of carbonyl (C=O) groups is 2. The van der Waals surface area contributed by atoms with Gasteiger partial charge in [0.2, 0.25) is 5.91 Å². The predicted octanol–water partition coefficient (Wildman–Crippen LogP) is 15.5. The lowest BCUT2D eigenvalue weighted by Crippen LogP contribution is -2.45. The maximum atomic E-state index is 12.4. The summed E-state index contributed by atoms with van der Waals surface area (Å²) in [6.07, 6.45) is 57.2. The average Bonchev–Trinajstić information content (AvgIpc) is 3.24. The second-order valence-electron chi connectivity index (χ2n) is 17.8. The van der Waals surface area contributed by atoms with E-state index in [2.05, 4.69) is 43.5 Å². The average molecular weight is 832 g/mol. The Morgan fingerprint density at radius 2 is 0.797 bits per heavy atom. The van der Waals surface area contributed by atoms with Crippen LogP contribution in [-0.2, 0) is 14.3 Å². The maximum absolute atomic E-state index is 12.4. The third-order valence-corrected chi connectivity index (χ3v) is 12.0. The van der Waals surface area contributed by atoms with E-state index >= 15 is 0 Å². The molecule has 0 aliphatic rings. The molecule has 6 nitrogen and oxygen atoms in total. The van der Waals surface area contributed by atoms with Gasteiger partial charge in [-0.3, -0.25) is 9.59 Å². The first-order chi connectivity index (χ1) is 29.0. The number of rotatable bonds is 48. The molecule has 2 unspecified atom stereocenters. The van der Waals surface area contributed by atoms with Crippen LogP contribution in [0.3, 0.4) is 0 Å². The molecular weight excluding hydrogens is 731 g/mol. The lowest BCUT2D eigenvalue weighted by Gasteiger charge is -2.22. The van der Waals surface area contributed by atoms with Gasteiger partial charge in [0, 0.05) is 12.8 Å². The Morgan fingerprint density at radius 1 is 0.458 bits per heavy atom. The minimum atomic E-state index is -0.681. The molecule has 0 heterocycles. The van der Waals surface area contributed by atoms with Crippen molar-refractivity contribution in [1.82, 2.24) is 5.32 Å². The molecule has 0 aliphatic carbocycles. The molecule has 0 rings (SSSR count). The van der Waals surface area contributed by atoms with Crippen molar-refractivity contribution in [2.24, 2.45) is 0 Å². The van der Waals surface area contributed by atoms with Gasteiger partial charge in [-0.1, -0.05) is 212 Å². The summed E-state index contributed by atoms with van der Waals surface area (Å²) in [4.78, 5) is 24.4. The summed E-state index contributed by atoms with van der Waals surface area (Å²) in [5.41, 5.74) is 0. The topological polar surface area (TPSA) is 95.9 Å². The Labute approximate surface area is 367 Å². The Hall–Kier alpha value is -1.66. The van der Waals surface area contributed by atoms with E-state index in [9.17, 15) is 19.8 Å². The van der Waals surface area contributed by atoms with Crippen LogP contribution in [0.2, 0.25) is 0 Å². The summed E-state index contributed by atoms with van der Waals surface area (Å²) in [5, 5.41) is 23.2. The Balaban J connectivity index is 3.51. The molecule has 0 saturated heterocycles. The monoisotopic (exact) mass is 832 g/mol. The summed E-state index contributed by atoms with van der Waals surface area (Å²) in [5.74, 6) is -0.0864. The second kappa shape index (κ2) is 49.0. The molecular formula is C53H101NO5. The minimum Gasteiger partial charge on any atom is -0.466 e. The van der Waals surface area contributed by atoms with Crippen molar-refractivity contribution >= 4 is 11.9 Å². The largest absolute Gasteiger partial charge is 0.466 e. The fraction of sp³-hybridized carbons (Fsp3) is 0.887. The molecule has 348 valence electrons. The van der Waals surface area contributed by atoms with Gasteiger partial charge in [0.25, 0.3) is 0 Å². The Bertz CT molecular complexity index is 920. The van der Waals surface area contributed by atoms with E-state index < -0.39 is 12.1 Å². The lowest BCUT2D eigenvalue weighted by molar-refractivity contribution is -0.143. The van der Waals surface area contributed by atoms with Gasteiger partial charge in [-0.15, -0.1) is 0 Å². The molecule has 0 spiro atoms. The van der Waals surface area contributed by atoms with Crippen molar-refractivity contribution in [2.75, 3.05) is 13.2 Å². The van der Waals surface area contributed by atoms with Crippen molar-refractivity contribution in [2.45, 2.75) is 289 Å². The smallest absolute Gasteiger partial charge is 0.305 e. The standard InChI is InChI=1S/C53H101NO5/c1-3-5-7-9-11-13-15-17-18-19-22-25-29-33-37-41-45-51(56)50(49-55)54-52(57)46-42-38-34-30-26-23-20-24-28-32-36-40-44-48-59-53(58)47-43-39-35-31-27-21-16-14-12-10-8-6-4-2/h14,16,23,26,50-51,55-56H,3-13,15,17-22,24-25,27-49H2,1-2H3,(H,54,57)/b16-14-,26-23-. The van der Waals surface area contributed by atoms with Crippen LogP contribution in [-0.4, -0.2) is 47.4 Å². The van der Waals surface area contributed by atoms with Crippen molar-refractivity contribution in [3.63, 3.8) is 0 Å². The highest BCUT2D eigenvalue weighted by Gasteiger charge is 2.20. The molecule has 0 aromatic carbocycles. The van der Waals surface area contributed by atoms with Crippen molar-refractivity contribution < 1.29 is 24.5 Å². The normalized spacial score (nSPS) is 12.8. The van der Waals surface area contributed by atoms with Gasteiger partial charge in [0.1, 0.15) is 0 Å². The summed E-state index contributed by atoms with van der Waals surface area (Å²) >= 11 is 0. The Morgan fingerprint density at radius 3 is 1.24 bits per heavy atom. The molecule has 0 saturated carbocycles. The van der Waals surface area contributed by atoms with E-state index in [0.29, 0.717) is 25.9 Å². The summed E-state index contributed by atoms with van der Waals surface area (Å²) < 4.78 is 5.44. The van der Waals surface area contributed by atoms with E-state index in [1.54, 1.807) is 0 Å².